The molecule has 0 amide bonds. The highest BCUT2D eigenvalue weighted by Crippen LogP contribution is 2.20. The monoisotopic (exact) mass is 315 g/mol. The second kappa shape index (κ2) is 6.25. The summed E-state index contributed by atoms with van der Waals surface area (Å²) in [5, 5.41) is 8.49. The first-order valence-corrected chi connectivity index (χ1v) is 8.15. The third-order valence-corrected chi connectivity index (χ3v) is 4.68. The highest BCUT2D eigenvalue weighted by atomic mass is 32.2. The first-order valence-electron chi connectivity index (χ1n) is 5.93. The van der Waals surface area contributed by atoms with Crippen LogP contribution in [0.5, 0.6) is 0 Å². The van der Waals surface area contributed by atoms with Gasteiger partial charge in [0.2, 0.25) is 10.0 Å². The number of fused-ring (bicyclic) bond motifs is 1. The standard InChI is InChI=1S/C11H13N3O4S2/c15-10(16)6-1-2-7-12-20(17,18)9-5-3-4-8-11(9)14-19-13-8/h3-5,12H,1-2,6-7H2,(H,15,16). The van der Waals surface area contributed by atoms with Crippen molar-refractivity contribution in [1.82, 2.24) is 13.5 Å². The number of hydrogen-bond acceptors (Lipinski definition) is 6. The Labute approximate surface area is 120 Å². The molecule has 108 valence electrons. The van der Waals surface area contributed by atoms with E-state index in [1.807, 2.05) is 0 Å². The zero-order valence-electron chi connectivity index (χ0n) is 10.4. The van der Waals surface area contributed by atoms with Crippen LogP contribution in [0, 0.1) is 0 Å². The smallest absolute Gasteiger partial charge is 0.303 e. The molecule has 1 aromatic heterocycles. The van der Waals surface area contributed by atoms with E-state index in [4.69, 9.17) is 5.11 Å². The van der Waals surface area contributed by atoms with E-state index in [1.165, 1.54) is 6.07 Å². The van der Waals surface area contributed by atoms with Gasteiger partial charge in [-0.05, 0) is 25.0 Å². The first kappa shape index (κ1) is 14.8. The molecule has 0 aliphatic carbocycles. The topological polar surface area (TPSA) is 109 Å². The average Bonchev–Trinajstić information content (AvgIpc) is 2.85. The third kappa shape index (κ3) is 3.50. The summed E-state index contributed by atoms with van der Waals surface area (Å²) >= 11 is 0.961. The maximum atomic E-state index is 12.2. The Hall–Kier alpha value is -1.58. The highest BCUT2D eigenvalue weighted by Gasteiger charge is 2.18. The van der Waals surface area contributed by atoms with Crippen molar-refractivity contribution in [2.75, 3.05) is 6.54 Å². The number of hydrogen-bond donors (Lipinski definition) is 2. The molecule has 2 N–H and O–H groups in total. The van der Waals surface area contributed by atoms with Gasteiger partial charge in [-0.3, -0.25) is 4.79 Å². The molecule has 9 heteroatoms. The van der Waals surface area contributed by atoms with Gasteiger partial charge in [-0.1, -0.05) is 6.07 Å². The van der Waals surface area contributed by atoms with Crippen LogP contribution in [0.4, 0.5) is 0 Å². The summed E-state index contributed by atoms with van der Waals surface area (Å²) in [6, 6.07) is 4.79. The van der Waals surface area contributed by atoms with Crippen molar-refractivity contribution in [3.63, 3.8) is 0 Å². The fraction of sp³-hybridized carbons (Fsp3) is 0.364. The van der Waals surface area contributed by atoms with Crippen molar-refractivity contribution in [3.8, 4) is 0 Å². The van der Waals surface area contributed by atoms with Gasteiger partial charge >= 0.3 is 5.97 Å². The van der Waals surface area contributed by atoms with Gasteiger partial charge in [0.25, 0.3) is 0 Å². The predicted octanol–water partition coefficient (Wildman–Crippen LogP) is 1.22. The van der Waals surface area contributed by atoms with Crippen molar-refractivity contribution in [1.29, 1.82) is 0 Å². The minimum Gasteiger partial charge on any atom is -0.481 e. The molecule has 0 fully saturated rings. The van der Waals surface area contributed by atoms with Crippen LogP contribution in [0.3, 0.4) is 0 Å². The molecule has 0 unspecified atom stereocenters. The molecule has 0 aliphatic rings. The Morgan fingerprint density at radius 3 is 2.85 bits per heavy atom. The summed E-state index contributed by atoms with van der Waals surface area (Å²) in [4.78, 5) is 10.4. The number of aromatic nitrogens is 2. The van der Waals surface area contributed by atoms with Crippen molar-refractivity contribution < 1.29 is 18.3 Å². The van der Waals surface area contributed by atoms with Gasteiger partial charge in [0, 0.05) is 13.0 Å². The lowest BCUT2D eigenvalue weighted by Gasteiger charge is -2.06. The summed E-state index contributed by atoms with van der Waals surface area (Å²) in [6.07, 6.45) is 0.935. The molecule has 1 aromatic carbocycles. The SMILES string of the molecule is O=C(O)CCCCNS(=O)(=O)c1cccc2nsnc12. The number of unbranched alkanes of at least 4 members (excludes halogenated alkanes) is 1. The molecule has 2 rings (SSSR count). The van der Waals surface area contributed by atoms with Gasteiger partial charge in [0.15, 0.2) is 0 Å². The van der Waals surface area contributed by atoms with Crippen molar-refractivity contribution in [2.24, 2.45) is 0 Å². The maximum absolute atomic E-state index is 12.2. The second-order valence-electron chi connectivity index (χ2n) is 4.14. The van der Waals surface area contributed by atoms with Crippen LogP contribution in [0.1, 0.15) is 19.3 Å². The van der Waals surface area contributed by atoms with Crippen molar-refractivity contribution in [2.45, 2.75) is 24.2 Å². The molecule has 0 radical (unpaired) electrons. The Bertz CT molecular complexity index is 711. The van der Waals surface area contributed by atoms with Crippen molar-refractivity contribution >= 4 is 38.8 Å². The number of carboxylic acids is 1. The minimum atomic E-state index is -3.65. The van der Waals surface area contributed by atoms with Gasteiger partial charge < -0.3 is 5.11 Å². The Kier molecular flexibility index (Phi) is 4.63. The number of sulfonamides is 1. The number of nitrogens with zero attached hydrogens (tertiary/aromatic N) is 2. The fourth-order valence-electron chi connectivity index (χ4n) is 1.68. The van der Waals surface area contributed by atoms with Crippen LogP contribution in [-0.4, -0.2) is 34.8 Å². The van der Waals surface area contributed by atoms with Gasteiger partial charge in [-0.15, -0.1) is 0 Å². The number of aliphatic carboxylic acids is 1. The zero-order chi connectivity index (χ0) is 14.6. The highest BCUT2D eigenvalue weighted by molar-refractivity contribution is 7.89. The van der Waals surface area contributed by atoms with Gasteiger partial charge in [0.1, 0.15) is 15.9 Å². The zero-order valence-corrected chi connectivity index (χ0v) is 12.1. The number of carboxylic acid groups (broad SMARTS) is 1. The fourth-order valence-corrected chi connectivity index (χ4v) is 3.52. The largest absolute Gasteiger partial charge is 0.481 e. The lowest BCUT2D eigenvalue weighted by Crippen LogP contribution is -2.25. The number of nitrogens with one attached hydrogen (secondary N) is 1. The summed E-state index contributed by atoms with van der Waals surface area (Å²) in [5.41, 5.74) is 0.902. The summed E-state index contributed by atoms with van der Waals surface area (Å²) in [6.45, 7) is 0.198. The van der Waals surface area contributed by atoms with E-state index in [2.05, 4.69) is 13.5 Å². The Balaban J connectivity index is 2.03. The van der Waals surface area contributed by atoms with Crippen LogP contribution < -0.4 is 4.72 Å². The molecule has 1 heterocycles. The molecule has 20 heavy (non-hydrogen) atoms. The normalized spacial score (nSPS) is 11.8. The van der Waals surface area contributed by atoms with Crippen LogP contribution in [-0.2, 0) is 14.8 Å². The molecule has 0 aliphatic heterocycles. The van der Waals surface area contributed by atoms with Crippen LogP contribution >= 0.6 is 11.7 Å². The number of rotatable bonds is 7. The van der Waals surface area contributed by atoms with Gasteiger partial charge in [0.05, 0.1) is 11.7 Å². The second-order valence-corrected chi connectivity index (χ2v) is 6.40. The summed E-state index contributed by atoms with van der Waals surface area (Å²) < 4.78 is 34.7. The lowest BCUT2D eigenvalue weighted by molar-refractivity contribution is -0.137. The first-order chi connectivity index (χ1) is 9.50. The molecule has 0 spiro atoms. The van der Waals surface area contributed by atoms with Crippen molar-refractivity contribution in [3.05, 3.63) is 18.2 Å². The Morgan fingerprint density at radius 1 is 1.30 bits per heavy atom. The Morgan fingerprint density at radius 2 is 2.10 bits per heavy atom. The van der Waals surface area contributed by atoms with E-state index in [0.717, 1.165) is 11.7 Å². The van der Waals surface area contributed by atoms with E-state index < -0.39 is 16.0 Å². The summed E-state index contributed by atoms with van der Waals surface area (Å²) in [7, 11) is -3.65. The molecule has 0 saturated heterocycles. The molecule has 2 aromatic rings. The van der Waals surface area contributed by atoms with Crippen LogP contribution in [0.15, 0.2) is 23.1 Å². The van der Waals surface area contributed by atoms with Crippen LogP contribution in [0.25, 0.3) is 11.0 Å². The maximum Gasteiger partial charge on any atom is 0.303 e. The molecule has 0 atom stereocenters. The van der Waals surface area contributed by atoms with Gasteiger partial charge in [-0.25, -0.2) is 13.1 Å². The van der Waals surface area contributed by atoms with Crippen LogP contribution in [0.2, 0.25) is 0 Å². The molecule has 0 bridgehead atoms. The predicted molar refractivity (Wildman–Crippen MR) is 74.1 cm³/mol. The molecule has 7 nitrogen and oxygen atoms in total. The third-order valence-electron chi connectivity index (χ3n) is 2.65. The number of carbonyl (C=O) groups is 1. The van der Waals surface area contributed by atoms with E-state index >= 15 is 0 Å². The summed E-state index contributed by atoms with van der Waals surface area (Å²) in [5.74, 6) is -0.883. The lowest BCUT2D eigenvalue weighted by atomic mass is 10.2. The minimum absolute atomic E-state index is 0.0350. The van der Waals surface area contributed by atoms with E-state index in [-0.39, 0.29) is 17.9 Å². The quantitative estimate of drug-likeness (QED) is 0.744. The molecular formula is C11H13N3O4S2. The van der Waals surface area contributed by atoms with E-state index in [0.29, 0.717) is 23.9 Å². The van der Waals surface area contributed by atoms with Gasteiger partial charge in [-0.2, -0.15) is 8.75 Å². The van der Waals surface area contributed by atoms with E-state index in [1.54, 1.807) is 12.1 Å². The van der Waals surface area contributed by atoms with E-state index in [9.17, 15) is 13.2 Å². The molecular weight excluding hydrogens is 302 g/mol. The number of benzene rings is 1. The average molecular weight is 315 g/mol. The molecule has 0 saturated carbocycles.